The molecule has 7 heteroatoms. The number of halogens is 1. The summed E-state index contributed by atoms with van der Waals surface area (Å²) in [5, 5.41) is 1.93. The molecule has 0 amide bonds. The Hall–Kier alpha value is -2.96. The molecule has 2 aromatic rings. The molecule has 3 heterocycles. The van der Waals surface area contributed by atoms with E-state index in [4.69, 9.17) is 4.99 Å². The van der Waals surface area contributed by atoms with Crippen LogP contribution in [0.1, 0.15) is 32.3 Å². The number of hydrogen-bond donors (Lipinski definition) is 1. The zero-order valence-electron chi connectivity index (χ0n) is 15.8. The van der Waals surface area contributed by atoms with Crippen molar-refractivity contribution in [2.75, 3.05) is 0 Å². The van der Waals surface area contributed by atoms with Crippen molar-refractivity contribution in [1.82, 2.24) is 20.0 Å². The molecule has 1 aromatic heterocycles. The monoisotopic (exact) mass is 366 g/mol. The number of aromatic nitrogens is 2. The van der Waals surface area contributed by atoms with E-state index in [0.717, 1.165) is 29.9 Å². The smallest absolute Gasteiger partial charge is 0.166 e. The van der Waals surface area contributed by atoms with Crippen molar-refractivity contribution in [3.63, 3.8) is 0 Å². The Bertz CT molecular complexity index is 955. The molecule has 1 aromatic carbocycles. The van der Waals surface area contributed by atoms with E-state index < -0.39 is 0 Å². The first kappa shape index (κ1) is 17.5. The number of aryl methyl sites for hydroxylation is 1. The highest BCUT2D eigenvalue weighted by Gasteiger charge is 2.30. The van der Waals surface area contributed by atoms with Crippen LogP contribution >= 0.6 is 0 Å². The van der Waals surface area contributed by atoms with Crippen LogP contribution in [0.2, 0.25) is 0 Å². The molecule has 0 radical (unpaired) electrons. The largest absolute Gasteiger partial charge is 0.325 e. The molecule has 27 heavy (non-hydrogen) atoms. The molecule has 1 atom stereocenters. The fourth-order valence-electron chi connectivity index (χ4n) is 3.56. The van der Waals surface area contributed by atoms with E-state index in [2.05, 4.69) is 22.3 Å². The van der Waals surface area contributed by atoms with Crippen LogP contribution in [0.25, 0.3) is 11.4 Å². The fourth-order valence-corrected chi connectivity index (χ4v) is 3.56. The lowest BCUT2D eigenvalue weighted by molar-refractivity contribution is 0.341. The van der Waals surface area contributed by atoms with Gasteiger partial charge in [-0.2, -0.15) is 0 Å². The van der Waals surface area contributed by atoms with Crippen molar-refractivity contribution >= 4 is 12.2 Å². The average Bonchev–Trinajstić information content (AvgIpc) is 3.25. The Balaban J connectivity index is 1.71. The van der Waals surface area contributed by atoms with E-state index in [1.54, 1.807) is 18.6 Å². The standard InChI is InChI=1S/C20H23FN6/c1-4-5-15-18(23-12-27-20(15)24-14(3)25-27)11-26-9-8-22-19(26)16-10-13(2)6-7-17(16)21/h6-10,12,20H,4-5,11H2,1-3H3,(H,24,25). The van der Waals surface area contributed by atoms with Crippen LogP contribution < -0.4 is 5.43 Å². The summed E-state index contributed by atoms with van der Waals surface area (Å²) < 4.78 is 16.3. The molecular weight excluding hydrogens is 343 g/mol. The maximum absolute atomic E-state index is 14.4. The zero-order chi connectivity index (χ0) is 19.0. The van der Waals surface area contributed by atoms with Gasteiger partial charge in [0.2, 0.25) is 0 Å². The second-order valence-corrected chi connectivity index (χ2v) is 6.94. The molecule has 0 aliphatic carbocycles. The summed E-state index contributed by atoms with van der Waals surface area (Å²) in [5.41, 5.74) is 6.87. The van der Waals surface area contributed by atoms with Gasteiger partial charge < -0.3 is 4.57 Å². The third-order valence-corrected chi connectivity index (χ3v) is 4.81. The van der Waals surface area contributed by atoms with Crippen LogP contribution in [0, 0.1) is 12.7 Å². The summed E-state index contributed by atoms with van der Waals surface area (Å²) in [6.45, 7) is 6.58. The Labute approximate surface area is 158 Å². The highest BCUT2D eigenvalue weighted by Crippen LogP contribution is 2.29. The minimum atomic E-state index is -0.269. The molecule has 0 saturated carbocycles. The van der Waals surface area contributed by atoms with Gasteiger partial charge in [0.05, 0.1) is 17.8 Å². The molecule has 4 rings (SSSR count). The quantitative estimate of drug-likeness (QED) is 0.879. The number of nitrogens with one attached hydrogen (secondary N) is 1. The van der Waals surface area contributed by atoms with Crippen LogP contribution in [-0.2, 0) is 6.54 Å². The van der Waals surface area contributed by atoms with E-state index in [0.29, 0.717) is 17.9 Å². The number of amidine groups is 1. The molecule has 1 unspecified atom stereocenters. The van der Waals surface area contributed by atoms with Gasteiger partial charge in [-0.05, 0) is 38.0 Å². The molecule has 140 valence electrons. The topological polar surface area (TPSA) is 57.8 Å². The number of hydrogen-bond acceptors (Lipinski definition) is 5. The lowest BCUT2D eigenvalue weighted by Gasteiger charge is -2.28. The van der Waals surface area contributed by atoms with E-state index in [1.807, 2.05) is 35.7 Å². The van der Waals surface area contributed by atoms with Gasteiger partial charge in [0, 0.05) is 12.4 Å². The third-order valence-electron chi connectivity index (χ3n) is 4.81. The number of nitrogens with zero attached hydrogens (tertiary/aromatic N) is 5. The lowest BCUT2D eigenvalue weighted by Crippen LogP contribution is -2.42. The first-order valence-corrected chi connectivity index (χ1v) is 9.20. The summed E-state index contributed by atoms with van der Waals surface area (Å²) in [5.74, 6) is 1.22. The molecule has 2 aliphatic rings. The van der Waals surface area contributed by atoms with Crippen LogP contribution in [0.15, 0.2) is 51.8 Å². The first-order valence-electron chi connectivity index (χ1n) is 9.20. The molecule has 0 spiro atoms. The van der Waals surface area contributed by atoms with Crippen LogP contribution in [0.3, 0.4) is 0 Å². The Morgan fingerprint density at radius 3 is 2.93 bits per heavy atom. The Morgan fingerprint density at radius 1 is 1.26 bits per heavy atom. The average molecular weight is 366 g/mol. The summed E-state index contributed by atoms with van der Waals surface area (Å²) >= 11 is 0. The van der Waals surface area contributed by atoms with Gasteiger partial charge in [0.15, 0.2) is 6.17 Å². The SMILES string of the molecule is CCCC1=C(Cn2ccnc2-c2cc(C)ccc2F)N=CN2NC(C)=NC12. The van der Waals surface area contributed by atoms with E-state index in [1.165, 1.54) is 11.6 Å². The summed E-state index contributed by atoms with van der Waals surface area (Å²) in [4.78, 5) is 13.8. The van der Waals surface area contributed by atoms with Crippen molar-refractivity contribution in [2.45, 2.75) is 46.3 Å². The summed E-state index contributed by atoms with van der Waals surface area (Å²) in [7, 11) is 0. The molecule has 1 N–H and O–H groups in total. The maximum Gasteiger partial charge on any atom is 0.166 e. The lowest BCUT2D eigenvalue weighted by atomic mass is 10.0. The Kier molecular flexibility index (Phi) is 4.51. The van der Waals surface area contributed by atoms with Crippen LogP contribution in [-0.4, -0.2) is 32.9 Å². The molecule has 2 aliphatic heterocycles. The molecular formula is C20H23FN6. The third kappa shape index (κ3) is 3.25. The number of aliphatic imine (C=N–C) groups is 2. The van der Waals surface area contributed by atoms with Gasteiger partial charge in [-0.3, -0.25) is 5.43 Å². The molecule has 6 nitrogen and oxygen atoms in total. The van der Waals surface area contributed by atoms with Crippen molar-refractivity contribution in [2.24, 2.45) is 9.98 Å². The first-order chi connectivity index (χ1) is 13.1. The maximum atomic E-state index is 14.4. The number of rotatable bonds is 5. The summed E-state index contributed by atoms with van der Waals surface area (Å²) in [6.07, 6.45) is 7.22. The van der Waals surface area contributed by atoms with Crippen molar-refractivity contribution in [3.05, 3.63) is 53.2 Å². The zero-order valence-corrected chi connectivity index (χ0v) is 15.8. The minimum absolute atomic E-state index is 0.0554. The molecule has 0 saturated heterocycles. The second kappa shape index (κ2) is 6.98. The highest BCUT2D eigenvalue weighted by molar-refractivity contribution is 5.84. The van der Waals surface area contributed by atoms with Crippen molar-refractivity contribution in [3.8, 4) is 11.4 Å². The van der Waals surface area contributed by atoms with E-state index >= 15 is 0 Å². The van der Waals surface area contributed by atoms with Gasteiger partial charge >= 0.3 is 0 Å². The van der Waals surface area contributed by atoms with Crippen LogP contribution in [0.4, 0.5) is 4.39 Å². The van der Waals surface area contributed by atoms with Gasteiger partial charge in [-0.25, -0.2) is 24.4 Å². The normalized spacial score (nSPS) is 18.6. The number of benzene rings is 1. The van der Waals surface area contributed by atoms with Crippen LogP contribution in [0.5, 0.6) is 0 Å². The molecule has 0 fully saturated rings. The van der Waals surface area contributed by atoms with Crippen molar-refractivity contribution in [1.29, 1.82) is 0 Å². The number of allylic oxidation sites excluding steroid dienone is 1. The van der Waals surface area contributed by atoms with Gasteiger partial charge in [-0.1, -0.05) is 25.0 Å². The number of imidazole rings is 1. The fraction of sp³-hybridized carbons (Fsp3) is 0.350. The second-order valence-electron chi connectivity index (χ2n) is 6.94. The molecule has 0 bridgehead atoms. The van der Waals surface area contributed by atoms with Gasteiger partial charge in [-0.15, -0.1) is 0 Å². The minimum Gasteiger partial charge on any atom is -0.325 e. The predicted molar refractivity (Wildman–Crippen MR) is 105 cm³/mol. The Morgan fingerprint density at radius 2 is 2.11 bits per heavy atom. The summed E-state index contributed by atoms with van der Waals surface area (Å²) in [6, 6.07) is 5.08. The van der Waals surface area contributed by atoms with Crippen molar-refractivity contribution < 1.29 is 4.39 Å². The van der Waals surface area contributed by atoms with Gasteiger partial charge in [0.1, 0.15) is 23.8 Å². The van der Waals surface area contributed by atoms with E-state index in [9.17, 15) is 4.39 Å². The van der Waals surface area contributed by atoms with E-state index in [-0.39, 0.29) is 12.0 Å². The predicted octanol–water partition coefficient (Wildman–Crippen LogP) is 3.66. The van der Waals surface area contributed by atoms with Gasteiger partial charge in [0.25, 0.3) is 0 Å². The number of fused-ring (bicyclic) bond motifs is 1. The highest BCUT2D eigenvalue weighted by atomic mass is 19.1. The number of hydrazine groups is 1.